The Labute approximate surface area is 47.8 Å². The molecule has 0 aliphatic carbocycles. The molecule has 0 amide bonds. The Kier molecular flexibility index (Phi) is 1.30. The number of rotatable bonds is 1. The molecule has 0 aliphatic heterocycles. The predicted molar refractivity (Wildman–Crippen MR) is 27.8 cm³/mol. The van der Waals surface area contributed by atoms with Crippen LogP contribution >= 0.6 is 0 Å². The summed E-state index contributed by atoms with van der Waals surface area (Å²) in [6, 6.07) is 0. The monoisotopic (exact) mass is 113 g/mol. The summed E-state index contributed by atoms with van der Waals surface area (Å²) >= 11 is 0. The molecular formula is C5H9N2O+. The first kappa shape index (κ1) is 5.31. The molecule has 3 nitrogen and oxygen atoms in total. The van der Waals surface area contributed by atoms with Crippen LogP contribution in [-0.4, -0.2) is 9.67 Å². The number of imidazole rings is 1. The number of nitrogens with zero attached hydrogens (tertiary/aromatic N) is 2. The molecule has 0 saturated heterocycles. The van der Waals surface area contributed by atoms with E-state index in [2.05, 4.69) is 0 Å². The predicted octanol–water partition coefficient (Wildman–Crippen LogP) is -0.738. The van der Waals surface area contributed by atoms with E-state index in [1.807, 2.05) is 17.8 Å². The maximum atomic E-state index is 8.50. The Morgan fingerprint density at radius 1 is 1.75 bits per heavy atom. The number of hydrogen-bond acceptors (Lipinski definition) is 1. The zero-order valence-electron chi connectivity index (χ0n) is 4.78. The fourth-order valence-electron chi connectivity index (χ4n) is 0.585. The highest BCUT2D eigenvalue weighted by Gasteiger charge is 1.93. The molecule has 0 unspecified atom stereocenters. The molecule has 0 atom stereocenters. The van der Waals surface area contributed by atoms with Gasteiger partial charge in [-0.05, 0) is 0 Å². The van der Waals surface area contributed by atoms with Gasteiger partial charge in [0.15, 0.2) is 6.73 Å². The van der Waals surface area contributed by atoms with E-state index in [1.54, 1.807) is 17.1 Å². The number of aryl methyl sites for hydroxylation is 1. The van der Waals surface area contributed by atoms with Crippen molar-refractivity contribution in [2.75, 3.05) is 0 Å². The van der Waals surface area contributed by atoms with E-state index in [0.29, 0.717) is 0 Å². The third-order valence-electron chi connectivity index (χ3n) is 0.987. The molecule has 0 radical (unpaired) electrons. The quantitative estimate of drug-likeness (QED) is 0.478. The molecule has 3 heteroatoms. The first-order chi connectivity index (χ1) is 3.83. The summed E-state index contributed by atoms with van der Waals surface area (Å²) in [7, 11) is 1.91. The topological polar surface area (TPSA) is 29.0 Å². The lowest BCUT2D eigenvalue weighted by molar-refractivity contribution is -0.671. The standard InChI is InChI=1S/C5H9N2O/c1-6-2-3-7(4-6)5-8/h2-4,8H,5H2,1H3/q+1. The lowest BCUT2D eigenvalue weighted by Crippen LogP contribution is -2.23. The Hall–Kier alpha value is -0.830. The van der Waals surface area contributed by atoms with E-state index in [-0.39, 0.29) is 6.73 Å². The first-order valence-electron chi connectivity index (χ1n) is 2.45. The maximum absolute atomic E-state index is 8.50. The van der Waals surface area contributed by atoms with Gasteiger partial charge in [-0.1, -0.05) is 0 Å². The van der Waals surface area contributed by atoms with Crippen molar-refractivity contribution in [3.05, 3.63) is 18.7 Å². The molecule has 1 rings (SSSR count). The second-order valence-corrected chi connectivity index (χ2v) is 1.73. The van der Waals surface area contributed by atoms with Crippen LogP contribution in [-0.2, 0) is 13.8 Å². The van der Waals surface area contributed by atoms with Gasteiger partial charge in [-0.2, -0.15) is 0 Å². The van der Waals surface area contributed by atoms with E-state index in [4.69, 9.17) is 5.11 Å². The van der Waals surface area contributed by atoms with Crippen molar-refractivity contribution in [2.45, 2.75) is 6.73 Å². The van der Waals surface area contributed by atoms with Crippen LogP contribution in [0.4, 0.5) is 0 Å². The zero-order chi connectivity index (χ0) is 5.98. The summed E-state index contributed by atoms with van der Waals surface area (Å²) < 4.78 is 3.55. The summed E-state index contributed by atoms with van der Waals surface area (Å²) in [5.74, 6) is 0. The smallest absolute Gasteiger partial charge is 0.245 e. The van der Waals surface area contributed by atoms with Gasteiger partial charge >= 0.3 is 0 Å². The summed E-state index contributed by atoms with van der Waals surface area (Å²) in [5, 5.41) is 8.50. The summed E-state index contributed by atoms with van der Waals surface area (Å²) in [4.78, 5) is 0. The third kappa shape index (κ3) is 0.869. The molecule has 0 bridgehead atoms. The summed E-state index contributed by atoms with van der Waals surface area (Å²) in [6.45, 7) is 0.0564. The SMILES string of the molecule is C[n+]1ccn(CO)c1. The van der Waals surface area contributed by atoms with Crippen LogP contribution in [0.5, 0.6) is 0 Å². The molecule has 44 valence electrons. The fourth-order valence-corrected chi connectivity index (χ4v) is 0.585. The molecule has 1 heterocycles. The van der Waals surface area contributed by atoms with Crippen molar-refractivity contribution >= 4 is 0 Å². The van der Waals surface area contributed by atoms with E-state index < -0.39 is 0 Å². The molecule has 1 N–H and O–H groups in total. The molecule has 1 aromatic heterocycles. The van der Waals surface area contributed by atoms with Gasteiger partial charge in [-0.25, -0.2) is 9.13 Å². The van der Waals surface area contributed by atoms with Crippen LogP contribution in [0, 0.1) is 0 Å². The van der Waals surface area contributed by atoms with Gasteiger partial charge < -0.3 is 5.11 Å². The Morgan fingerprint density at radius 2 is 2.50 bits per heavy atom. The minimum atomic E-state index is 0.0564. The van der Waals surface area contributed by atoms with Crippen LogP contribution in [0.25, 0.3) is 0 Å². The molecule has 8 heavy (non-hydrogen) atoms. The maximum Gasteiger partial charge on any atom is 0.245 e. The van der Waals surface area contributed by atoms with Crippen LogP contribution in [0.2, 0.25) is 0 Å². The van der Waals surface area contributed by atoms with Crippen molar-refractivity contribution in [1.82, 2.24) is 4.57 Å². The van der Waals surface area contributed by atoms with Gasteiger partial charge in [0.1, 0.15) is 12.4 Å². The number of aliphatic hydroxyl groups is 1. The van der Waals surface area contributed by atoms with Gasteiger partial charge in [0, 0.05) is 0 Å². The second-order valence-electron chi connectivity index (χ2n) is 1.73. The Balaban J connectivity index is 2.84. The highest BCUT2D eigenvalue weighted by molar-refractivity contribution is 4.62. The van der Waals surface area contributed by atoms with Crippen LogP contribution < -0.4 is 4.57 Å². The van der Waals surface area contributed by atoms with Gasteiger partial charge in [0.25, 0.3) is 0 Å². The highest BCUT2D eigenvalue weighted by atomic mass is 16.3. The lowest BCUT2D eigenvalue weighted by atomic mass is 10.9. The summed E-state index contributed by atoms with van der Waals surface area (Å²) in [5.41, 5.74) is 0. The lowest BCUT2D eigenvalue weighted by Gasteiger charge is -1.80. The fraction of sp³-hybridized carbons (Fsp3) is 0.400. The highest BCUT2D eigenvalue weighted by Crippen LogP contribution is 1.77. The van der Waals surface area contributed by atoms with Gasteiger partial charge in [-0.3, -0.25) is 0 Å². The van der Waals surface area contributed by atoms with E-state index >= 15 is 0 Å². The van der Waals surface area contributed by atoms with Crippen LogP contribution in [0.15, 0.2) is 18.7 Å². The van der Waals surface area contributed by atoms with Crippen molar-refractivity contribution < 1.29 is 9.67 Å². The van der Waals surface area contributed by atoms with Crippen LogP contribution in [0.1, 0.15) is 0 Å². The van der Waals surface area contributed by atoms with Crippen molar-refractivity contribution in [3.8, 4) is 0 Å². The first-order valence-corrected chi connectivity index (χ1v) is 2.45. The summed E-state index contributed by atoms with van der Waals surface area (Å²) in [6.07, 6.45) is 5.48. The minimum Gasteiger partial charge on any atom is -0.358 e. The minimum absolute atomic E-state index is 0.0564. The largest absolute Gasteiger partial charge is 0.358 e. The van der Waals surface area contributed by atoms with E-state index in [0.717, 1.165) is 0 Å². The van der Waals surface area contributed by atoms with Crippen molar-refractivity contribution in [1.29, 1.82) is 0 Å². The molecular weight excluding hydrogens is 104 g/mol. The van der Waals surface area contributed by atoms with E-state index in [1.165, 1.54) is 0 Å². The Morgan fingerprint density at radius 3 is 2.75 bits per heavy atom. The second kappa shape index (κ2) is 1.96. The average Bonchev–Trinajstić information content (AvgIpc) is 2.14. The normalized spacial score (nSPS) is 9.75. The van der Waals surface area contributed by atoms with Crippen molar-refractivity contribution in [2.24, 2.45) is 7.05 Å². The molecule has 1 aromatic rings. The third-order valence-corrected chi connectivity index (χ3v) is 0.987. The van der Waals surface area contributed by atoms with Crippen molar-refractivity contribution in [3.63, 3.8) is 0 Å². The molecule has 0 aliphatic rings. The van der Waals surface area contributed by atoms with Gasteiger partial charge in [0.05, 0.1) is 7.05 Å². The molecule has 0 fully saturated rings. The number of hydrogen-bond donors (Lipinski definition) is 1. The van der Waals surface area contributed by atoms with Gasteiger partial charge in [-0.15, -0.1) is 0 Å². The molecule has 0 saturated carbocycles. The molecule has 0 aromatic carbocycles. The Bertz CT molecular complexity index is 171. The van der Waals surface area contributed by atoms with Gasteiger partial charge in [0.2, 0.25) is 6.33 Å². The number of aliphatic hydroxyl groups excluding tert-OH is 1. The number of aromatic nitrogens is 2. The average molecular weight is 113 g/mol. The zero-order valence-corrected chi connectivity index (χ0v) is 4.78. The molecule has 0 spiro atoms. The van der Waals surface area contributed by atoms with E-state index in [9.17, 15) is 0 Å². The van der Waals surface area contributed by atoms with Crippen LogP contribution in [0.3, 0.4) is 0 Å².